The zero-order valence-corrected chi connectivity index (χ0v) is 17.2. The highest BCUT2D eigenvalue weighted by atomic mass is 19.4. The summed E-state index contributed by atoms with van der Waals surface area (Å²) in [4.78, 5) is 16.0. The fourth-order valence-corrected chi connectivity index (χ4v) is 3.49. The lowest BCUT2D eigenvalue weighted by Crippen LogP contribution is -2.39. The maximum atomic E-state index is 14.9. The number of nitrogens with one attached hydrogen (secondary N) is 3. The topological polar surface area (TPSA) is 118 Å². The Morgan fingerprint density at radius 1 is 1.36 bits per heavy atom. The van der Waals surface area contributed by atoms with Gasteiger partial charge in [-0.1, -0.05) is 0 Å². The van der Waals surface area contributed by atoms with Crippen LogP contribution in [0.1, 0.15) is 37.3 Å². The van der Waals surface area contributed by atoms with Crippen LogP contribution in [-0.4, -0.2) is 55.3 Å². The molecule has 1 aliphatic heterocycles. The van der Waals surface area contributed by atoms with E-state index in [0.717, 1.165) is 23.4 Å². The number of nitrogens with zero attached hydrogens (tertiary/aromatic N) is 4. The summed E-state index contributed by atoms with van der Waals surface area (Å²) in [7, 11) is 0. The second kappa shape index (κ2) is 7.57. The molecular formula is C19H19F4N7O3. The van der Waals surface area contributed by atoms with Gasteiger partial charge in [-0.05, 0) is 19.8 Å². The standard InChI is InChI=1S/C19H19F4N7O3/c1-18(2-3-18)26-17(31)33-11-8-32-15(14(11)20)9-6-13(28-27-9)25-16-10-7-12(19(21,22)23)29-30(10)5-4-24-16/h4-7,11,14-15H,2-3,8H2,1H3,(H,26,31)(H2,24,25,27,28)/t11-,14-,15-/m1/s1. The van der Waals surface area contributed by atoms with Crippen LogP contribution in [0.15, 0.2) is 24.5 Å². The molecule has 10 nitrogen and oxygen atoms in total. The van der Waals surface area contributed by atoms with Gasteiger partial charge in [-0.2, -0.15) is 23.4 Å². The number of aromatic amines is 1. The highest BCUT2D eigenvalue weighted by Gasteiger charge is 2.44. The smallest absolute Gasteiger partial charge is 0.435 e. The number of hydrogen-bond acceptors (Lipinski definition) is 7. The lowest BCUT2D eigenvalue weighted by molar-refractivity contribution is -0.141. The minimum atomic E-state index is -4.61. The van der Waals surface area contributed by atoms with Crippen LogP contribution >= 0.6 is 0 Å². The molecule has 0 spiro atoms. The van der Waals surface area contributed by atoms with Crippen molar-refractivity contribution in [3.05, 3.63) is 35.9 Å². The molecule has 3 aromatic heterocycles. The number of carbonyl (C=O) groups excluding carboxylic acids is 1. The first-order chi connectivity index (χ1) is 15.6. The van der Waals surface area contributed by atoms with Crippen LogP contribution in [0.2, 0.25) is 0 Å². The largest absolute Gasteiger partial charge is 0.441 e. The molecule has 3 N–H and O–H groups in total. The molecule has 1 amide bonds. The Bertz CT molecular complexity index is 1190. The van der Waals surface area contributed by atoms with Crippen molar-refractivity contribution in [1.29, 1.82) is 0 Å². The molecule has 0 bridgehead atoms. The Kier molecular flexibility index (Phi) is 4.92. The summed E-state index contributed by atoms with van der Waals surface area (Å²) in [6, 6.07) is 2.30. The van der Waals surface area contributed by atoms with E-state index in [4.69, 9.17) is 9.47 Å². The summed E-state index contributed by atoms with van der Waals surface area (Å²) in [5.74, 6) is 0.258. The molecule has 0 unspecified atom stereocenters. The molecule has 176 valence electrons. The minimum Gasteiger partial charge on any atom is -0.441 e. The zero-order chi connectivity index (χ0) is 23.4. The van der Waals surface area contributed by atoms with E-state index in [-0.39, 0.29) is 35.0 Å². The average Bonchev–Trinajstić information content (AvgIpc) is 3.13. The van der Waals surface area contributed by atoms with Crippen molar-refractivity contribution in [3.8, 4) is 0 Å². The van der Waals surface area contributed by atoms with Crippen molar-refractivity contribution >= 4 is 23.2 Å². The van der Waals surface area contributed by atoms with E-state index in [9.17, 15) is 22.4 Å². The number of rotatable bonds is 5. The normalized spacial score (nSPS) is 24.1. The molecule has 0 radical (unpaired) electrons. The Morgan fingerprint density at radius 2 is 2.15 bits per heavy atom. The fraction of sp³-hybridized carbons (Fsp3) is 0.474. The van der Waals surface area contributed by atoms with Gasteiger partial charge in [-0.15, -0.1) is 0 Å². The van der Waals surface area contributed by atoms with Crippen molar-refractivity contribution in [2.75, 3.05) is 11.9 Å². The first-order valence-electron chi connectivity index (χ1n) is 10.1. The van der Waals surface area contributed by atoms with Crippen molar-refractivity contribution in [1.82, 2.24) is 30.1 Å². The number of H-pyrrole nitrogens is 1. The quantitative estimate of drug-likeness (QED) is 0.491. The Morgan fingerprint density at radius 3 is 2.88 bits per heavy atom. The number of alkyl carbamates (subject to hydrolysis) is 1. The van der Waals surface area contributed by atoms with E-state index in [1.54, 1.807) is 0 Å². The van der Waals surface area contributed by atoms with E-state index in [1.165, 1.54) is 18.5 Å². The van der Waals surface area contributed by atoms with Crippen molar-refractivity contribution < 1.29 is 31.8 Å². The number of fused-ring (bicyclic) bond motifs is 1. The molecule has 14 heteroatoms. The van der Waals surface area contributed by atoms with E-state index >= 15 is 0 Å². The maximum absolute atomic E-state index is 14.9. The van der Waals surface area contributed by atoms with Gasteiger partial charge < -0.3 is 20.1 Å². The summed E-state index contributed by atoms with van der Waals surface area (Å²) in [5.41, 5.74) is -1.01. The number of anilines is 2. The molecule has 33 heavy (non-hydrogen) atoms. The number of hydrogen-bond donors (Lipinski definition) is 3. The van der Waals surface area contributed by atoms with Crippen LogP contribution in [-0.2, 0) is 15.7 Å². The monoisotopic (exact) mass is 469 g/mol. The summed E-state index contributed by atoms with van der Waals surface area (Å²) in [5, 5.41) is 15.6. The molecule has 1 saturated carbocycles. The number of halogens is 4. The predicted octanol–water partition coefficient (Wildman–Crippen LogP) is 3.27. The van der Waals surface area contributed by atoms with Crippen molar-refractivity contribution in [3.63, 3.8) is 0 Å². The van der Waals surface area contributed by atoms with Gasteiger partial charge in [0.25, 0.3) is 0 Å². The molecule has 4 heterocycles. The lowest BCUT2D eigenvalue weighted by atomic mass is 10.1. The molecule has 3 atom stereocenters. The lowest BCUT2D eigenvalue weighted by Gasteiger charge is -2.17. The van der Waals surface area contributed by atoms with Crippen LogP contribution in [0.5, 0.6) is 0 Å². The molecule has 3 aromatic rings. The number of carbonyl (C=O) groups is 1. The van der Waals surface area contributed by atoms with Gasteiger partial charge in [0.15, 0.2) is 29.6 Å². The SMILES string of the molecule is CC1(NC(=O)O[C@@H]2CO[C@H](c3cc(Nc4nccn5nc(C(F)(F)F)cc45)n[nH]3)[C@@H]2F)CC1. The number of alkyl halides is 4. The van der Waals surface area contributed by atoms with Crippen molar-refractivity contribution in [2.45, 2.75) is 49.9 Å². The number of ether oxygens (including phenoxy) is 2. The molecular weight excluding hydrogens is 450 g/mol. The van der Waals surface area contributed by atoms with Crippen molar-refractivity contribution in [2.24, 2.45) is 0 Å². The Hall–Kier alpha value is -3.42. The van der Waals surface area contributed by atoms with Gasteiger partial charge in [0.1, 0.15) is 11.6 Å². The third kappa shape index (κ3) is 4.29. The second-order valence-corrected chi connectivity index (χ2v) is 8.29. The van der Waals surface area contributed by atoms with E-state index in [0.29, 0.717) is 0 Å². The average molecular weight is 469 g/mol. The number of amides is 1. The Labute approximate surface area is 183 Å². The highest BCUT2D eigenvalue weighted by molar-refractivity contribution is 5.72. The number of aromatic nitrogens is 5. The molecule has 5 rings (SSSR count). The first kappa shape index (κ1) is 21.4. The predicted molar refractivity (Wildman–Crippen MR) is 104 cm³/mol. The van der Waals surface area contributed by atoms with Gasteiger partial charge in [0.05, 0.1) is 12.3 Å². The first-order valence-corrected chi connectivity index (χ1v) is 10.1. The van der Waals surface area contributed by atoms with E-state index in [2.05, 4.69) is 30.9 Å². The van der Waals surface area contributed by atoms with Crippen LogP contribution in [0.3, 0.4) is 0 Å². The highest BCUT2D eigenvalue weighted by Crippen LogP contribution is 2.36. The molecule has 2 aliphatic rings. The molecule has 1 aliphatic carbocycles. The van der Waals surface area contributed by atoms with E-state index in [1.807, 2.05) is 6.92 Å². The van der Waals surface area contributed by atoms with Gasteiger partial charge in [0, 0.05) is 30.1 Å². The van der Waals surface area contributed by atoms with Gasteiger partial charge in [0.2, 0.25) is 0 Å². The summed E-state index contributed by atoms with van der Waals surface area (Å²) >= 11 is 0. The molecule has 0 aromatic carbocycles. The molecule has 2 fully saturated rings. The Balaban J connectivity index is 1.27. The third-order valence-corrected chi connectivity index (χ3v) is 5.58. The van der Waals surface area contributed by atoms with Gasteiger partial charge >= 0.3 is 12.3 Å². The zero-order valence-electron chi connectivity index (χ0n) is 17.2. The molecule has 1 saturated heterocycles. The summed E-state index contributed by atoms with van der Waals surface area (Å²) in [6.07, 6.45) is -4.83. The van der Waals surface area contributed by atoms with Crippen LogP contribution in [0, 0.1) is 0 Å². The maximum Gasteiger partial charge on any atom is 0.435 e. The summed E-state index contributed by atoms with van der Waals surface area (Å²) < 4.78 is 65.4. The summed E-state index contributed by atoms with van der Waals surface area (Å²) in [6.45, 7) is 1.74. The van der Waals surface area contributed by atoms with Gasteiger partial charge in [-0.3, -0.25) is 5.10 Å². The van der Waals surface area contributed by atoms with Crippen LogP contribution < -0.4 is 10.6 Å². The minimum absolute atomic E-state index is 0.0779. The van der Waals surface area contributed by atoms with E-state index < -0.39 is 36.3 Å². The van der Waals surface area contributed by atoms with Gasteiger partial charge in [-0.25, -0.2) is 18.7 Å². The second-order valence-electron chi connectivity index (χ2n) is 8.29. The fourth-order valence-electron chi connectivity index (χ4n) is 3.49. The van der Waals surface area contributed by atoms with Crippen LogP contribution in [0.25, 0.3) is 5.52 Å². The third-order valence-electron chi connectivity index (χ3n) is 5.58. The van der Waals surface area contributed by atoms with Crippen LogP contribution in [0.4, 0.5) is 34.0 Å².